The van der Waals surface area contributed by atoms with E-state index < -0.39 is 5.97 Å². The normalized spacial score (nSPS) is 10.7. The van der Waals surface area contributed by atoms with Gasteiger partial charge in [-0.1, -0.05) is 115 Å². The monoisotopic (exact) mass is 401 g/mol. The van der Waals surface area contributed by atoms with E-state index in [2.05, 4.69) is 30.1 Å². The first-order valence-corrected chi connectivity index (χ1v) is 12.0. The number of carboxylic acid groups (broad SMARTS) is 1. The molecule has 0 unspecified atom stereocenters. The number of unbranched alkanes of at least 4 members (excludes halogenated alkanes) is 14. The predicted molar refractivity (Wildman–Crippen MR) is 125 cm³/mol. The fraction of sp³-hybridized carbons (Fsp3) is 0.654. The Labute approximate surface area is 178 Å². The lowest BCUT2D eigenvalue weighted by atomic mass is 10.0. The quantitative estimate of drug-likeness (QED) is 0.277. The highest BCUT2D eigenvalue weighted by Gasteiger charge is 1.97. The Morgan fingerprint density at radius 3 is 1.69 bits per heavy atom. The number of hydrogen-bond acceptors (Lipinski definition) is 1. The van der Waals surface area contributed by atoms with Crippen molar-refractivity contribution in [3.05, 3.63) is 36.5 Å². The van der Waals surface area contributed by atoms with Crippen molar-refractivity contribution >= 4 is 16.9 Å². The second kappa shape index (κ2) is 18.3. The third kappa shape index (κ3) is 14.8. The molecule has 0 spiro atoms. The molecule has 0 fully saturated rings. The molecular formula is C26H43NO2. The maximum Gasteiger partial charge on any atom is 0.303 e. The second-order valence-corrected chi connectivity index (χ2v) is 8.16. The molecule has 2 rings (SSSR count). The van der Waals surface area contributed by atoms with Gasteiger partial charge in [0.25, 0.3) is 0 Å². The Balaban J connectivity index is 0.000000379. The molecule has 2 aromatic rings. The van der Waals surface area contributed by atoms with Crippen molar-refractivity contribution < 1.29 is 9.90 Å². The molecule has 3 nitrogen and oxygen atoms in total. The van der Waals surface area contributed by atoms with E-state index in [1.807, 2.05) is 18.3 Å². The van der Waals surface area contributed by atoms with E-state index in [4.69, 9.17) is 5.11 Å². The number of aromatic amines is 1. The SMILES string of the molecule is CCCCCCCCCCCCCCCCCC(=O)O.c1ccc2[nH]ccc2c1. The molecule has 0 aliphatic carbocycles. The first-order valence-electron chi connectivity index (χ1n) is 12.0. The van der Waals surface area contributed by atoms with Gasteiger partial charge in [0.15, 0.2) is 0 Å². The van der Waals surface area contributed by atoms with Gasteiger partial charge in [-0.15, -0.1) is 0 Å². The van der Waals surface area contributed by atoms with Gasteiger partial charge in [0.05, 0.1) is 0 Å². The average molecular weight is 402 g/mol. The Bertz CT molecular complexity index is 590. The number of benzene rings is 1. The first-order chi connectivity index (χ1) is 14.2. The molecule has 3 heteroatoms. The summed E-state index contributed by atoms with van der Waals surface area (Å²) in [6, 6.07) is 10.3. The fourth-order valence-electron chi connectivity index (χ4n) is 3.64. The fourth-order valence-corrected chi connectivity index (χ4v) is 3.64. The number of rotatable bonds is 16. The number of aliphatic carboxylic acids is 1. The third-order valence-corrected chi connectivity index (χ3v) is 5.46. The smallest absolute Gasteiger partial charge is 0.303 e. The minimum Gasteiger partial charge on any atom is -0.481 e. The van der Waals surface area contributed by atoms with Gasteiger partial charge in [-0.25, -0.2) is 0 Å². The van der Waals surface area contributed by atoms with Crippen LogP contribution in [0, 0.1) is 0 Å². The highest BCUT2D eigenvalue weighted by molar-refractivity contribution is 5.78. The highest BCUT2D eigenvalue weighted by atomic mass is 16.4. The summed E-state index contributed by atoms with van der Waals surface area (Å²) in [7, 11) is 0. The van der Waals surface area contributed by atoms with Crippen LogP contribution >= 0.6 is 0 Å². The molecule has 0 amide bonds. The van der Waals surface area contributed by atoms with Gasteiger partial charge in [0.2, 0.25) is 0 Å². The summed E-state index contributed by atoms with van der Waals surface area (Å²) in [5.74, 6) is -0.653. The van der Waals surface area contributed by atoms with Crippen molar-refractivity contribution in [2.24, 2.45) is 0 Å². The van der Waals surface area contributed by atoms with Gasteiger partial charge in [0, 0.05) is 18.1 Å². The zero-order chi connectivity index (χ0) is 21.0. The van der Waals surface area contributed by atoms with Gasteiger partial charge in [0.1, 0.15) is 0 Å². The zero-order valence-electron chi connectivity index (χ0n) is 18.6. The molecule has 2 N–H and O–H groups in total. The molecule has 0 aliphatic heterocycles. The summed E-state index contributed by atoms with van der Waals surface area (Å²) in [6.45, 7) is 2.27. The van der Waals surface area contributed by atoms with Crippen molar-refractivity contribution in [2.45, 2.75) is 110 Å². The maximum absolute atomic E-state index is 10.3. The number of H-pyrrole nitrogens is 1. The van der Waals surface area contributed by atoms with Gasteiger partial charge < -0.3 is 10.1 Å². The van der Waals surface area contributed by atoms with Crippen LogP contribution in [0.1, 0.15) is 110 Å². The van der Waals surface area contributed by atoms with E-state index in [1.165, 1.54) is 94.4 Å². The lowest BCUT2D eigenvalue weighted by Crippen LogP contribution is -1.93. The first kappa shape index (κ1) is 25.3. The molecule has 1 aromatic heterocycles. The van der Waals surface area contributed by atoms with Crippen molar-refractivity contribution in [1.82, 2.24) is 4.98 Å². The number of aromatic nitrogens is 1. The van der Waals surface area contributed by atoms with E-state index in [-0.39, 0.29) is 0 Å². The molecule has 1 heterocycles. The molecule has 0 saturated heterocycles. The molecule has 1 aromatic carbocycles. The molecule has 0 bridgehead atoms. The Morgan fingerprint density at radius 2 is 1.21 bits per heavy atom. The van der Waals surface area contributed by atoms with Gasteiger partial charge in [-0.3, -0.25) is 4.79 Å². The van der Waals surface area contributed by atoms with Crippen molar-refractivity contribution in [2.75, 3.05) is 0 Å². The van der Waals surface area contributed by atoms with E-state index in [9.17, 15) is 4.79 Å². The maximum atomic E-state index is 10.3. The van der Waals surface area contributed by atoms with Crippen molar-refractivity contribution in [3.63, 3.8) is 0 Å². The van der Waals surface area contributed by atoms with Gasteiger partial charge in [-0.05, 0) is 23.9 Å². The Hall–Kier alpha value is -1.77. The van der Waals surface area contributed by atoms with E-state index in [1.54, 1.807) is 0 Å². The van der Waals surface area contributed by atoms with Crippen LogP contribution in [0.25, 0.3) is 10.9 Å². The molecule has 164 valence electrons. The van der Waals surface area contributed by atoms with Crippen molar-refractivity contribution in [3.8, 4) is 0 Å². The van der Waals surface area contributed by atoms with Crippen LogP contribution in [0.4, 0.5) is 0 Å². The average Bonchev–Trinajstić information content (AvgIpc) is 3.20. The molecule has 0 aliphatic rings. The van der Waals surface area contributed by atoms with Gasteiger partial charge >= 0.3 is 5.97 Å². The standard InChI is InChI=1S/C18H36O2.C8H7N/c1-2-3-4-5-6-7-8-9-10-11-12-13-14-15-16-17-18(19)20;1-2-4-8-7(3-1)5-6-9-8/h2-17H2,1H3,(H,19,20);1-6,9H. The second-order valence-electron chi connectivity index (χ2n) is 8.16. The van der Waals surface area contributed by atoms with E-state index >= 15 is 0 Å². The third-order valence-electron chi connectivity index (χ3n) is 5.46. The van der Waals surface area contributed by atoms with E-state index in [0.29, 0.717) is 6.42 Å². The molecule has 0 atom stereocenters. The number of fused-ring (bicyclic) bond motifs is 1. The minimum absolute atomic E-state index is 0.345. The summed E-state index contributed by atoms with van der Waals surface area (Å²) >= 11 is 0. The number of hydrogen-bond donors (Lipinski definition) is 2. The number of carbonyl (C=O) groups is 1. The van der Waals surface area contributed by atoms with Crippen LogP contribution in [0.2, 0.25) is 0 Å². The van der Waals surface area contributed by atoms with Crippen LogP contribution < -0.4 is 0 Å². The summed E-state index contributed by atoms with van der Waals surface area (Å²) in [4.78, 5) is 13.5. The topological polar surface area (TPSA) is 53.1 Å². The summed E-state index contributed by atoms with van der Waals surface area (Å²) in [5.41, 5.74) is 1.21. The van der Waals surface area contributed by atoms with Crippen LogP contribution in [0.15, 0.2) is 36.5 Å². The largest absolute Gasteiger partial charge is 0.481 e. The zero-order valence-corrected chi connectivity index (χ0v) is 18.6. The number of nitrogens with one attached hydrogen (secondary N) is 1. The molecule has 0 radical (unpaired) electrons. The van der Waals surface area contributed by atoms with Crippen LogP contribution in [0.5, 0.6) is 0 Å². The highest BCUT2D eigenvalue weighted by Crippen LogP contribution is 2.13. The lowest BCUT2D eigenvalue weighted by molar-refractivity contribution is -0.137. The summed E-state index contributed by atoms with van der Waals surface area (Å²) in [5, 5.41) is 9.79. The van der Waals surface area contributed by atoms with Gasteiger partial charge in [-0.2, -0.15) is 0 Å². The van der Waals surface area contributed by atoms with Crippen molar-refractivity contribution in [1.29, 1.82) is 0 Å². The number of para-hydroxylation sites is 1. The van der Waals surface area contributed by atoms with Crippen LogP contribution in [0.3, 0.4) is 0 Å². The predicted octanol–water partition coefficient (Wildman–Crippen LogP) is 8.50. The molecule has 29 heavy (non-hydrogen) atoms. The van der Waals surface area contributed by atoms with Crippen LogP contribution in [-0.4, -0.2) is 16.1 Å². The summed E-state index contributed by atoms with van der Waals surface area (Å²) in [6.07, 6.45) is 22.1. The lowest BCUT2D eigenvalue weighted by Gasteiger charge is -2.03. The van der Waals surface area contributed by atoms with E-state index in [0.717, 1.165) is 12.8 Å². The Morgan fingerprint density at radius 1 is 0.724 bits per heavy atom. The minimum atomic E-state index is -0.653. The molecule has 0 saturated carbocycles. The Kier molecular flexibility index (Phi) is 15.9. The molecular weight excluding hydrogens is 358 g/mol. The number of carboxylic acids is 1. The summed E-state index contributed by atoms with van der Waals surface area (Å²) < 4.78 is 0. The van der Waals surface area contributed by atoms with Crippen LogP contribution in [-0.2, 0) is 4.79 Å².